The SMILES string of the molecule is Cc1cc(COC2CCC(O)CC2)on1. The Balaban J connectivity index is 1.74. The summed E-state index contributed by atoms with van der Waals surface area (Å²) in [6.45, 7) is 2.38. The van der Waals surface area contributed by atoms with Crippen molar-refractivity contribution in [1.29, 1.82) is 0 Å². The van der Waals surface area contributed by atoms with Crippen molar-refractivity contribution < 1.29 is 14.4 Å². The highest BCUT2D eigenvalue weighted by Crippen LogP contribution is 2.22. The van der Waals surface area contributed by atoms with Crippen LogP contribution in [0.3, 0.4) is 0 Å². The van der Waals surface area contributed by atoms with E-state index in [9.17, 15) is 5.11 Å². The number of aromatic nitrogens is 1. The van der Waals surface area contributed by atoms with Gasteiger partial charge in [0.1, 0.15) is 6.61 Å². The van der Waals surface area contributed by atoms with Gasteiger partial charge in [-0.15, -0.1) is 0 Å². The Morgan fingerprint density at radius 1 is 1.47 bits per heavy atom. The number of aliphatic hydroxyl groups excluding tert-OH is 1. The number of hydrogen-bond donors (Lipinski definition) is 1. The van der Waals surface area contributed by atoms with Crippen molar-refractivity contribution in [2.75, 3.05) is 0 Å². The van der Waals surface area contributed by atoms with Gasteiger partial charge in [-0.3, -0.25) is 0 Å². The van der Waals surface area contributed by atoms with E-state index in [4.69, 9.17) is 9.26 Å². The van der Waals surface area contributed by atoms with Gasteiger partial charge in [-0.2, -0.15) is 0 Å². The van der Waals surface area contributed by atoms with Crippen LogP contribution in [0.15, 0.2) is 10.6 Å². The molecule has 1 N–H and O–H groups in total. The zero-order valence-electron chi connectivity index (χ0n) is 8.98. The molecule has 84 valence electrons. The Hall–Kier alpha value is -0.870. The summed E-state index contributed by atoms with van der Waals surface area (Å²) in [6.07, 6.45) is 3.71. The van der Waals surface area contributed by atoms with Gasteiger partial charge in [0, 0.05) is 6.07 Å². The Labute approximate surface area is 89.2 Å². The fraction of sp³-hybridized carbons (Fsp3) is 0.727. The fourth-order valence-electron chi connectivity index (χ4n) is 1.90. The van der Waals surface area contributed by atoms with Crippen LogP contribution < -0.4 is 0 Å². The van der Waals surface area contributed by atoms with Gasteiger partial charge in [0.2, 0.25) is 0 Å². The normalized spacial score (nSPS) is 26.8. The molecule has 1 aromatic rings. The molecule has 1 saturated carbocycles. The number of aliphatic hydroxyl groups is 1. The third kappa shape index (κ3) is 3.04. The first kappa shape index (κ1) is 10.6. The molecule has 0 unspecified atom stereocenters. The molecule has 1 heterocycles. The maximum absolute atomic E-state index is 9.33. The summed E-state index contributed by atoms with van der Waals surface area (Å²) in [5.74, 6) is 0.777. The first-order valence-electron chi connectivity index (χ1n) is 5.46. The fourth-order valence-corrected chi connectivity index (χ4v) is 1.90. The van der Waals surface area contributed by atoms with Gasteiger partial charge >= 0.3 is 0 Å². The van der Waals surface area contributed by atoms with E-state index in [1.807, 2.05) is 13.0 Å². The molecule has 15 heavy (non-hydrogen) atoms. The zero-order valence-corrected chi connectivity index (χ0v) is 8.98. The van der Waals surface area contributed by atoms with Gasteiger partial charge in [-0.05, 0) is 32.6 Å². The van der Waals surface area contributed by atoms with Crippen molar-refractivity contribution in [1.82, 2.24) is 5.16 Å². The molecule has 1 aliphatic carbocycles. The van der Waals surface area contributed by atoms with E-state index < -0.39 is 0 Å². The van der Waals surface area contributed by atoms with Gasteiger partial charge in [0.05, 0.1) is 17.9 Å². The lowest BCUT2D eigenvalue weighted by Gasteiger charge is -2.24. The second-order valence-electron chi connectivity index (χ2n) is 4.18. The van der Waals surface area contributed by atoms with Crippen molar-refractivity contribution in [3.8, 4) is 0 Å². The predicted octanol–water partition coefficient (Wildman–Crippen LogP) is 1.80. The third-order valence-corrected chi connectivity index (χ3v) is 2.78. The molecule has 2 rings (SSSR count). The topological polar surface area (TPSA) is 55.5 Å². The van der Waals surface area contributed by atoms with Crippen molar-refractivity contribution in [2.45, 2.75) is 51.4 Å². The monoisotopic (exact) mass is 211 g/mol. The van der Waals surface area contributed by atoms with Crippen LogP contribution in [0.2, 0.25) is 0 Å². The molecule has 4 heteroatoms. The Morgan fingerprint density at radius 2 is 2.20 bits per heavy atom. The molecule has 0 bridgehead atoms. The zero-order chi connectivity index (χ0) is 10.7. The minimum absolute atomic E-state index is 0.127. The third-order valence-electron chi connectivity index (χ3n) is 2.78. The average molecular weight is 211 g/mol. The van der Waals surface area contributed by atoms with E-state index in [1.54, 1.807) is 0 Å². The predicted molar refractivity (Wildman–Crippen MR) is 54.3 cm³/mol. The van der Waals surface area contributed by atoms with E-state index in [0.717, 1.165) is 37.1 Å². The lowest BCUT2D eigenvalue weighted by molar-refractivity contribution is -0.0188. The van der Waals surface area contributed by atoms with Crippen LogP contribution in [-0.4, -0.2) is 22.5 Å². The number of rotatable bonds is 3. The largest absolute Gasteiger partial charge is 0.393 e. The molecule has 1 aromatic heterocycles. The first-order chi connectivity index (χ1) is 7.24. The molecule has 0 aromatic carbocycles. The van der Waals surface area contributed by atoms with Crippen LogP contribution in [0.25, 0.3) is 0 Å². The van der Waals surface area contributed by atoms with Crippen molar-refractivity contribution >= 4 is 0 Å². The highest BCUT2D eigenvalue weighted by Gasteiger charge is 2.20. The van der Waals surface area contributed by atoms with Crippen molar-refractivity contribution in [2.24, 2.45) is 0 Å². The minimum Gasteiger partial charge on any atom is -0.393 e. The van der Waals surface area contributed by atoms with Crippen molar-refractivity contribution in [3.63, 3.8) is 0 Å². The van der Waals surface area contributed by atoms with E-state index in [0.29, 0.717) is 6.61 Å². The average Bonchev–Trinajstić information content (AvgIpc) is 2.64. The highest BCUT2D eigenvalue weighted by molar-refractivity contribution is 5.01. The number of aryl methyl sites for hydroxylation is 1. The Kier molecular flexibility index (Phi) is 3.38. The summed E-state index contributed by atoms with van der Waals surface area (Å²) in [5, 5.41) is 13.1. The molecule has 0 aliphatic heterocycles. The number of ether oxygens (including phenoxy) is 1. The molecule has 0 atom stereocenters. The molecule has 1 aliphatic rings. The van der Waals surface area contributed by atoms with Gasteiger partial charge in [-0.1, -0.05) is 5.16 Å². The van der Waals surface area contributed by atoms with E-state index in [2.05, 4.69) is 5.16 Å². The maximum Gasteiger partial charge on any atom is 0.162 e. The van der Waals surface area contributed by atoms with Crippen LogP contribution in [-0.2, 0) is 11.3 Å². The van der Waals surface area contributed by atoms with Crippen LogP contribution in [0.5, 0.6) is 0 Å². The second kappa shape index (κ2) is 4.77. The van der Waals surface area contributed by atoms with Gasteiger partial charge in [0.25, 0.3) is 0 Å². The molecule has 0 saturated heterocycles. The summed E-state index contributed by atoms with van der Waals surface area (Å²) in [4.78, 5) is 0. The molecular weight excluding hydrogens is 194 g/mol. The molecule has 0 amide bonds. The molecule has 1 fully saturated rings. The van der Waals surface area contributed by atoms with E-state index >= 15 is 0 Å². The van der Waals surface area contributed by atoms with E-state index in [-0.39, 0.29) is 12.2 Å². The molecular formula is C11H17NO3. The summed E-state index contributed by atoms with van der Waals surface area (Å²) >= 11 is 0. The van der Waals surface area contributed by atoms with Crippen molar-refractivity contribution in [3.05, 3.63) is 17.5 Å². The van der Waals surface area contributed by atoms with Crippen LogP contribution in [0.1, 0.15) is 37.1 Å². The maximum atomic E-state index is 9.33. The molecule has 0 radical (unpaired) electrons. The van der Waals surface area contributed by atoms with Gasteiger partial charge < -0.3 is 14.4 Å². The highest BCUT2D eigenvalue weighted by atomic mass is 16.5. The number of nitrogens with zero attached hydrogens (tertiary/aromatic N) is 1. The Bertz CT molecular complexity index is 303. The smallest absolute Gasteiger partial charge is 0.162 e. The van der Waals surface area contributed by atoms with Gasteiger partial charge in [0.15, 0.2) is 5.76 Å². The minimum atomic E-state index is -0.127. The quantitative estimate of drug-likeness (QED) is 0.828. The summed E-state index contributed by atoms with van der Waals surface area (Å²) in [6, 6.07) is 1.89. The van der Waals surface area contributed by atoms with Crippen LogP contribution >= 0.6 is 0 Å². The first-order valence-corrected chi connectivity index (χ1v) is 5.46. The lowest BCUT2D eigenvalue weighted by atomic mass is 9.95. The second-order valence-corrected chi connectivity index (χ2v) is 4.18. The number of hydrogen-bond acceptors (Lipinski definition) is 4. The van der Waals surface area contributed by atoms with Gasteiger partial charge in [-0.25, -0.2) is 0 Å². The standard InChI is InChI=1S/C11H17NO3/c1-8-6-11(15-12-8)7-14-10-4-2-9(13)3-5-10/h6,9-10,13H,2-5,7H2,1H3. The lowest BCUT2D eigenvalue weighted by Crippen LogP contribution is -2.24. The van der Waals surface area contributed by atoms with E-state index in [1.165, 1.54) is 0 Å². The summed E-state index contributed by atoms with van der Waals surface area (Å²) in [7, 11) is 0. The molecule has 0 spiro atoms. The Morgan fingerprint density at radius 3 is 2.80 bits per heavy atom. The molecule has 4 nitrogen and oxygen atoms in total. The summed E-state index contributed by atoms with van der Waals surface area (Å²) in [5.41, 5.74) is 0.882. The van der Waals surface area contributed by atoms with Crippen LogP contribution in [0.4, 0.5) is 0 Å². The van der Waals surface area contributed by atoms with Crippen LogP contribution in [0, 0.1) is 6.92 Å². The summed E-state index contributed by atoms with van der Waals surface area (Å²) < 4.78 is 10.7.